The van der Waals surface area contributed by atoms with E-state index in [1.807, 2.05) is 18.9 Å². The first-order valence-electron chi connectivity index (χ1n) is 7.16. The van der Waals surface area contributed by atoms with Crippen molar-refractivity contribution in [3.8, 4) is 0 Å². The van der Waals surface area contributed by atoms with Crippen LogP contribution < -0.4 is 5.43 Å². The van der Waals surface area contributed by atoms with E-state index in [1.54, 1.807) is 0 Å². The van der Waals surface area contributed by atoms with Crippen molar-refractivity contribution >= 4 is 12.0 Å². The molecule has 0 spiro atoms. The normalized spacial score (nSPS) is 35.0. The summed E-state index contributed by atoms with van der Waals surface area (Å²) in [7, 11) is 0. The highest BCUT2D eigenvalue weighted by Gasteiger charge is 2.40. The molecule has 2 amide bonds. The van der Waals surface area contributed by atoms with Gasteiger partial charge in [-0.25, -0.2) is 14.6 Å². The van der Waals surface area contributed by atoms with E-state index in [2.05, 4.69) is 5.43 Å². The van der Waals surface area contributed by atoms with Gasteiger partial charge in [0.15, 0.2) is 0 Å². The number of likely N-dealkylation sites (tertiary alicyclic amines) is 1. The average molecular weight is 285 g/mol. The summed E-state index contributed by atoms with van der Waals surface area (Å²) >= 11 is 0. The van der Waals surface area contributed by atoms with Gasteiger partial charge in [-0.1, -0.05) is 6.42 Å². The molecule has 7 heteroatoms. The van der Waals surface area contributed by atoms with E-state index < -0.39 is 24.1 Å². The molecule has 3 N–H and O–H groups in total. The van der Waals surface area contributed by atoms with Gasteiger partial charge in [-0.2, -0.15) is 0 Å². The van der Waals surface area contributed by atoms with E-state index >= 15 is 0 Å². The van der Waals surface area contributed by atoms with Gasteiger partial charge < -0.3 is 15.1 Å². The minimum atomic E-state index is -1.07. The summed E-state index contributed by atoms with van der Waals surface area (Å²) in [6.07, 6.45) is 2.48. The van der Waals surface area contributed by atoms with Crippen LogP contribution in [0.25, 0.3) is 0 Å². The van der Waals surface area contributed by atoms with E-state index in [-0.39, 0.29) is 25.0 Å². The van der Waals surface area contributed by atoms with Crippen molar-refractivity contribution in [3.05, 3.63) is 0 Å². The van der Waals surface area contributed by atoms with Crippen LogP contribution in [0.1, 0.15) is 39.5 Å². The number of aliphatic hydroxyl groups excluding tert-OH is 1. The highest BCUT2D eigenvalue weighted by molar-refractivity contribution is 5.83. The zero-order valence-electron chi connectivity index (χ0n) is 12.0. The molecule has 0 aromatic carbocycles. The number of β-amino-alcohol motifs (C(OH)–C–C–N with tert-alkyl or cyclic N) is 1. The lowest BCUT2D eigenvalue weighted by Gasteiger charge is -2.39. The third kappa shape index (κ3) is 3.04. The number of piperidine rings is 1. The Kier molecular flexibility index (Phi) is 4.49. The fourth-order valence-corrected chi connectivity index (χ4v) is 3.09. The number of nitrogens with one attached hydrogen (secondary N) is 1. The van der Waals surface area contributed by atoms with E-state index in [1.165, 1.54) is 4.90 Å². The fraction of sp³-hybridized carbons (Fsp3) is 0.846. The van der Waals surface area contributed by atoms with Crippen LogP contribution in [-0.4, -0.2) is 62.9 Å². The van der Waals surface area contributed by atoms with Gasteiger partial charge in [0.2, 0.25) is 0 Å². The van der Waals surface area contributed by atoms with Crippen molar-refractivity contribution in [1.29, 1.82) is 0 Å². The van der Waals surface area contributed by atoms with E-state index in [4.69, 9.17) is 5.11 Å². The van der Waals surface area contributed by atoms with Gasteiger partial charge in [0.1, 0.15) is 6.04 Å². The maximum Gasteiger partial charge on any atom is 0.332 e. The molecular formula is C13H23N3O4. The minimum Gasteiger partial charge on any atom is -0.480 e. The van der Waals surface area contributed by atoms with Crippen LogP contribution in [0.2, 0.25) is 0 Å². The molecule has 2 aliphatic rings. The maximum atomic E-state index is 12.3. The molecule has 0 saturated carbocycles. The van der Waals surface area contributed by atoms with Gasteiger partial charge in [0.05, 0.1) is 6.10 Å². The summed E-state index contributed by atoms with van der Waals surface area (Å²) in [6, 6.07) is -0.910. The third-order valence-corrected chi connectivity index (χ3v) is 4.24. The molecule has 20 heavy (non-hydrogen) atoms. The van der Waals surface area contributed by atoms with Gasteiger partial charge in [0.25, 0.3) is 0 Å². The molecule has 4 atom stereocenters. The first-order valence-corrected chi connectivity index (χ1v) is 7.16. The second kappa shape index (κ2) is 5.97. The van der Waals surface area contributed by atoms with E-state index in [9.17, 15) is 14.7 Å². The molecule has 114 valence electrons. The lowest BCUT2D eigenvalue weighted by molar-refractivity contribution is -0.141. The van der Waals surface area contributed by atoms with Crippen LogP contribution >= 0.6 is 0 Å². The Balaban J connectivity index is 2.01. The van der Waals surface area contributed by atoms with Crippen LogP contribution in [0.3, 0.4) is 0 Å². The third-order valence-electron chi connectivity index (χ3n) is 4.24. The lowest BCUT2D eigenvalue weighted by Crippen LogP contribution is -2.58. The molecular weight excluding hydrogens is 262 g/mol. The highest BCUT2D eigenvalue weighted by Crippen LogP contribution is 2.22. The number of hydrogen-bond donors (Lipinski definition) is 3. The Morgan fingerprint density at radius 3 is 2.35 bits per heavy atom. The number of nitrogens with zero attached hydrogens (tertiary/aromatic N) is 2. The zero-order valence-corrected chi connectivity index (χ0v) is 12.0. The number of urea groups is 1. The van der Waals surface area contributed by atoms with Crippen molar-refractivity contribution in [2.24, 2.45) is 0 Å². The van der Waals surface area contributed by atoms with Gasteiger partial charge in [-0.05, 0) is 26.7 Å². The number of aliphatic hydroxyl groups is 1. The smallest absolute Gasteiger partial charge is 0.332 e. The molecule has 2 rings (SSSR count). The van der Waals surface area contributed by atoms with Gasteiger partial charge in [-0.3, -0.25) is 5.43 Å². The van der Waals surface area contributed by atoms with Crippen molar-refractivity contribution in [1.82, 2.24) is 15.3 Å². The summed E-state index contributed by atoms with van der Waals surface area (Å²) < 4.78 is 0. The molecule has 7 nitrogen and oxygen atoms in total. The molecule has 0 bridgehead atoms. The lowest BCUT2D eigenvalue weighted by atomic mass is 10.00. The zero-order chi connectivity index (χ0) is 14.9. The molecule has 2 unspecified atom stereocenters. The first-order chi connectivity index (χ1) is 9.40. The monoisotopic (exact) mass is 285 g/mol. The number of carbonyl (C=O) groups is 2. The number of carboxylic acids is 1. The largest absolute Gasteiger partial charge is 0.480 e. The maximum absolute atomic E-state index is 12.3. The van der Waals surface area contributed by atoms with E-state index in [0.29, 0.717) is 0 Å². The van der Waals surface area contributed by atoms with Gasteiger partial charge >= 0.3 is 12.0 Å². The summed E-state index contributed by atoms with van der Waals surface area (Å²) in [5.74, 6) is -1.07. The molecule has 2 fully saturated rings. The summed E-state index contributed by atoms with van der Waals surface area (Å²) in [4.78, 5) is 24.6. The predicted molar refractivity (Wildman–Crippen MR) is 71.9 cm³/mol. The minimum absolute atomic E-state index is 0.0689. The number of amides is 2. The molecule has 0 aromatic heterocycles. The van der Waals surface area contributed by atoms with E-state index in [0.717, 1.165) is 19.3 Å². The van der Waals surface area contributed by atoms with Crippen LogP contribution in [0.15, 0.2) is 0 Å². The summed E-state index contributed by atoms with van der Waals surface area (Å²) in [6.45, 7) is 4.16. The number of hydrogen-bond acceptors (Lipinski definition) is 4. The fourth-order valence-electron chi connectivity index (χ4n) is 3.09. The molecule has 2 heterocycles. The highest BCUT2D eigenvalue weighted by atomic mass is 16.4. The number of hydrazine groups is 1. The van der Waals surface area contributed by atoms with Crippen molar-refractivity contribution < 1.29 is 19.8 Å². The van der Waals surface area contributed by atoms with Crippen molar-refractivity contribution in [2.45, 2.75) is 63.8 Å². The Morgan fingerprint density at radius 2 is 1.80 bits per heavy atom. The molecule has 0 aliphatic carbocycles. The predicted octanol–water partition coefficient (Wildman–Crippen LogP) is 0.394. The summed E-state index contributed by atoms with van der Waals surface area (Å²) in [5, 5.41) is 20.6. The standard InChI is InChI=1S/C13H23N3O4/c1-8-4-3-5-9(2)16(8)14-13(20)15-7-10(17)6-11(15)12(18)19/h8-11,17H,3-7H2,1-2H3,(H,14,20)(H,18,19)/t8?,9?,10-,11-/m1/s1. The van der Waals surface area contributed by atoms with Crippen LogP contribution in [0.4, 0.5) is 4.79 Å². The molecule has 0 aromatic rings. The SMILES string of the molecule is CC1CCCC(C)N1NC(=O)N1C[C@H](O)C[C@@H]1C(=O)O. The second-order valence-electron chi connectivity index (χ2n) is 5.85. The van der Waals surface area contributed by atoms with Gasteiger partial charge in [-0.15, -0.1) is 0 Å². The van der Waals surface area contributed by atoms with Gasteiger partial charge in [0, 0.05) is 25.0 Å². The van der Waals surface area contributed by atoms with Crippen molar-refractivity contribution in [2.75, 3.05) is 6.54 Å². The van der Waals surface area contributed by atoms with Crippen LogP contribution in [-0.2, 0) is 4.79 Å². The Hall–Kier alpha value is -1.34. The average Bonchev–Trinajstić information content (AvgIpc) is 2.76. The Morgan fingerprint density at radius 1 is 1.20 bits per heavy atom. The molecule has 2 saturated heterocycles. The Bertz CT molecular complexity index is 380. The number of aliphatic carboxylic acids is 1. The number of carbonyl (C=O) groups excluding carboxylic acids is 1. The quantitative estimate of drug-likeness (QED) is 0.682. The molecule has 0 radical (unpaired) electrons. The number of carboxylic acid groups (broad SMARTS) is 1. The topological polar surface area (TPSA) is 93.1 Å². The van der Waals surface area contributed by atoms with Crippen molar-refractivity contribution in [3.63, 3.8) is 0 Å². The number of rotatable bonds is 2. The molecule has 2 aliphatic heterocycles. The van der Waals surface area contributed by atoms with Crippen LogP contribution in [0, 0.1) is 0 Å². The second-order valence-corrected chi connectivity index (χ2v) is 5.85. The Labute approximate surface area is 118 Å². The van der Waals surface area contributed by atoms with Crippen LogP contribution in [0.5, 0.6) is 0 Å². The first kappa shape index (κ1) is 15.1. The summed E-state index contributed by atoms with van der Waals surface area (Å²) in [5.41, 5.74) is 2.81.